The average Bonchev–Trinajstić information content (AvgIpc) is 2.23. The predicted octanol–water partition coefficient (Wildman–Crippen LogP) is 3.24. The lowest BCUT2D eigenvalue weighted by molar-refractivity contribution is 1.34. The van der Waals surface area contributed by atoms with E-state index in [1.54, 1.807) is 0 Å². The minimum atomic E-state index is 0.697. The maximum absolute atomic E-state index is 6.07. The van der Waals surface area contributed by atoms with E-state index in [0.29, 0.717) is 5.02 Å². The number of benzene rings is 1. The Hall–Kier alpha value is -1.28. The summed E-state index contributed by atoms with van der Waals surface area (Å²) >= 11 is 6.07. The number of anilines is 1. The van der Waals surface area contributed by atoms with Gasteiger partial charge in [0.15, 0.2) is 0 Å². The molecule has 1 heterocycles. The molecule has 0 aliphatic heterocycles. The van der Waals surface area contributed by atoms with E-state index in [1.165, 1.54) is 5.56 Å². The molecule has 0 bridgehead atoms. The third kappa shape index (κ3) is 1.42. The number of fused-ring (bicyclic) bond motifs is 1. The van der Waals surface area contributed by atoms with Crippen LogP contribution in [0.4, 0.5) is 5.82 Å². The highest BCUT2D eigenvalue weighted by Crippen LogP contribution is 2.25. The molecule has 0 atom stereocenters. The molecule has 0 unspecified atom stereocenters. The van der Waals surface area contributed by atoms with E-state index in [0.717, 1.165) is 16.7 Å². The molecule has 0 amide bonds. The molecule has 0 saturated carbocycles. The van der Waals surface area contributed by atoms with E-state index in [9.17, 15) is 0 Å². The highest BCUT2D eigenvalue weighted by molar-refractivity contribution is 6.35. The highest BCUT2D eigenvalue weighted by Gasteiger charge is 2.03. The van der Waals surface area contributed by atoms with Crippen molar-refractivity contribution in [1.82, 2.24) is 4.98 Å². The summed E-state index contributed by atoms with van der Waals surface area (Å²) in [6.45, 7) is 2.05. The summed E-state index contributed by atoms with van der Waals surface area (Å²) < 4.78 is 0. The van der Waals surface area contributed by atoms with E-state index in [1.807, 2.05) is 31.3 Å². The number of rotatable bonds is 1. The zero-order valence-corrected chi connectivity index (χ0v) is 8.89. The molecular formula is C11H11ClN2. The Bertz CT molecular complexity index is 480. The second-order valence-electron chi connectivity index (χ2n) is 3.21. The summed E-state index contributed by atoms with van der Waals surface area (Å²) in [5, 5.41) is 4.80. The van der Waals surface area contributed by atoms with E-state index in [2.05, 4.69) is 17.2 Å². The molecule has 0 saturated heterocycles. The largest absolute Gasteiger partial charge is 0.373 e. The monoisotopic (exact) mass is 206 g/mol. The van der Waals surface area contributed by atoms with Crippen molar-refractivity contribution in [3.8, 4) is 0 Å². The van der Waals surface area contributed by atoms with Crippen LogP contribution in [0.1, 0.15) is 5.56 Å². The first-order valence-electron chi connectivity index (χ1n) is 4.46. The summed E-state index contributed by atoms with van der Waals surface area (Å²) in [4.78, 5) is 4.41. The molecular weight excluding hydrogens is 196 g/mol. The molecule has 2 nitrogen and oxygen atoms in total. The maximum Gasteiger partial charge on any atom is 0.126 e. The van der Waals surface area contributed by atoms with E-state index in [4.69, 9.17) is 11.6 Å². The van der Waals surface area contributed by atoms with Gasteiger partial charge in [-0.25, -0.2) is 4.98 Å². The second kappa shape index (κ2) is 3.46. The molecule has 3 heteroatoms. The molecule has 1 aromatic heterocycles. The molecule has 2 rings (SSSR count). The molecule has 0 fully saturated rings. The lowest BCUT2D eigenvalue weighted by Crippen LogP contribution is -1.93. The van der Waals surface area contributed by atoms with Crippen LogP contribution in [-0.4, -0.2) is 12.0 Å². The summed E-state index contributed by atoms with van der Waals surface area (Å²) in [6.07, 6.45) is 0. The summed E-state index contributed by atoms with van der Waals surface area (Å²) in [5.41, 5.74) is 2.05. The van der Waals surface area contributed by atoms with Gasteiger partial charge in [0.25, 0.3) is 0 Å². The van der Waals surface area contributed by atoms with E-state index < -0.39 is 0 Å². The lowest BCUT2D eigenvalue weighted by Gasteiger charge is -2.05. The third-order valence-electron chi connectivity index (χ3n) is 2.28. The molecule has 0 aliphatic rings. The van der Waals surface area contributed by atoms with Gasteiger partial charge in [0.05, 0.1) is 10.5 Å². The van der Waals surface area contributed by atoms with Gasteiger partial charge in [0.1, 0.15) is 5.82 Å². The Morgan fingerprint density at radius 1 is 1.21 bits per heavy atom. The minimum Gasteiger partial charge on any atom is -0.373 e. The third-order valence-corrected chi connectivity index (χ3v) is 2.59. The fraction of sp³-hybridized carbons (Fsp3) is 0.182. The van der Waals surface area contributed by atoms with Crippen molar-refractivity contribution >= 4 is 28.3 Å². The van der Waals surface area contributed by atoms with Crippen molar-refractivity contribution in [3.63, 3.8) is 0 Å². The summed E-state index contributed by atoms with van der Waals surface area (Å²) in [6, 6.07) is 7.87. The van der Waals surface area contributed by atoms with Gasteiger partial charge >= 0.3 is 0 Å². The van der Waals surface area contributed by atoms with E-state index >= 15 is 0 Å². The molecule has 0 spiro atoms. The predicted molar refractivity (Wildman–Crippen MR) is 61.0 cm³/mol. The first-order chi connectivity index (χ1) is 6.72. The number of hydrogen-bond acceptors (Lipinski definition) is 2. The van der Waals surface area contributed by atoms with Gasteiger partial charge < -0.3 is 5.32 Å². The number of pyridine rings is 1. The van der Waals surface area contributed by atoms with Crippen molar-refractivity contribution in [2.45, 2.75) is 6.92 Å². The Kier molecular flexibility index (Phi) is 2.30. The smallest absolute Gasteiger partial charge is 0.126 e. The molecule has 14 heavy (non-hydrogen) atoms. The van der Waals surface area contributed by atoms with E-state index in [-0.39, 0.29) is 0 Å². The van der Waals surface area contributed by atoms with Crippen molar-refractivity contribution in [2.75, 3.05) is 12.4 Å². The summed E-state index contributed by atoms with van der Waals surface area (Å²) in [5.74, 6) is 0.838. The van der Waals surface area contributed by atoms with Crippen LogP contribution in [0.15, 0.2) is 24.3 Å². The number of nitrogens with one attached hydrogen (secondary N) is 1. The number of nitrogens with zero attached hydrogens (tertiary/aromatic N) is 1. The van der Waals surface area contributed by atoms with Crippen molar-refractivity contribution in [3.05, 3.63) is 34.9 Å². The molecule has 0 radical (unpaired) electrons. The van der Waals surface area contributed by atoms with Crippen LogP contribution in [0.2, 0.25) is 5.02 Å². The van der Waals surface area contributed by atoms with Gasteiger partial charge in [-0.05, 0) is 30.7 Å². The van der Waals surface area contributed by atoms with Crippen LogP contribution in [0.5, 0.6) is 0 Å². The Morgan fingerprint density at radius 3 is 2.71 bits per heavy atom. The van der Waals surface area contributed by atoms with Crippen LogP contribution in [0.25, 0.3) is 10.9 Å². The number of aromatic nitrogens is 1. The molecule has 1 aromatic carbocycles. The van der Waals surface area contributed by atoms with Gasteiger partial charge in [-0.15, -0.1) is 0 Å². The summed E-state index contributed by atoms with van der Waals surface area (Å²) in [7, 11) is 1.85. The first kappa shape index (κ1) is 9.28. The average molecular weight is 207 g/mol. The Labute approximate surface area is 87.9 Å². The topological polar surface area (TPSA) is 24.9 Å². The van der Waals surface area contributed by atoms with Gasteiger partial charge in [-0.1, -0.05) is 17.7 Å². The van der Waals surface area contributed by atoms with Gasteiger partial charge in [-0.2, -0.15) is 0 Å². The van der Waals surface area contributed by atoms with Crippen molar-refractivity contribution in [1.29, 1.82) is 0 Å². The number of halogens is 1. The molecule has 0 aliphatic carbocycles. The standard InChI is InChI=1S/C11H11ClN2/c1-7-3-5-9(12)11-8(7)4-6-10(13-2)14-11/h3-6H,1-2H3,(H,13,14). The fourth-order valence-corrected chi connectivity index (χ4v) is 1.67. The van der Waals surface area contributed by atoms with Crippen molar-refractivity contribution < 1.29 is 0 Å². The van der Waals surface area contributed by atoms with Crippen LogP contribution < -0.4 is 5.32 Å². The molecule has 2 aromatic rings. The van der Waals surface area contributed by atoms with Crippen LogP contribution in [0.3, 0.4) is 0 Å². The zero-order valence-electron chi connectivity index (χ0n) is 8.13. The van der Waals surface area contributed by atoms with Crippen LogP contribution >= 0.6 is 11.6 Å². The Morgan fingerprint density at radius 2 is 2.00 bits per heavy atom. The highest BCUT2D eigenvalue weighted by atomic mass is 35.5. The van der Waals surface area contributed by atoms with Gasteiger partial charge in [0, 0.05) is 12.4 Å². The fourth-order valence-electron chi connectivity index (χ4n) is 1.47. The van der Waals surface area contributed by atoms with Crippen LogP contribution in [0, 0.1) is 6.92 Å². The number of aryl methyl sites for hydroxylation is 1. The SMILES string of the molecule is CNc1ccc2c(C)ccc(Cl)c2n1. The minimum absolute atomic E-state index is 0.697. The Balaban J connectivity index is 2.80. The van der Waals surface area contributed by atoms with Gasteiger partial charge in [0.2, 0.25) is 0 Å². The number of hydrogen-bond donors (Lipinski definition) is 1. The maximum atomic E-state index is 6.07. The van der Waals surface area contributed by atoms with Gasteiger partial charge in [-0.3, -0.25) is 0 Å². The lowest BCUT2D eigenvalue weighted by atomic mass is 10.1. The van der Waals surface area contributed by atoms with Crippen molar-refractivity contribution in [2.24, 2.45) is 0 Å². The van der Waals surface area contributed by atoms with Crippen LogP contribution in [-0.2, 0) is 0 Å². The normalized spacial score (nSPS) is 10.5. The molecule has 1 N–H and O–H groups in total. The quantitative estimate of drug-likeness (QED) is 0.775. The zero-order chi connectivity index (χ0) is 10.1. The first-order valence-corrected chi connectivity index (χ1v) is 4.84. The molecule has 72 valence electrons. The second-order valence-corrected chi connectivity index (χ2v) is 3.61.